The molecule has 5 nitrogen and oxygen atoms in total. The standard InChI is InChI=1S/C22H19BrClNO4S/c1-3-28-22(27)20-19(14-7-9-16(24)10-8-14)13(2)30-21(20)25-18(26)12-29-17-6-4-5-15(23)11-17/h4-11H,3,12H2,1-2H3,(H,25,26). The van der Waals surface area contributed by atoms with E-state index in [1.54, 1.807) is 31.2 Å². The molecule has 0 fully saturated rings. The molecule has 0 bridgehead atoms. The van der Waals surface area contributed by atoms with Crippen molar-refractivity contribution in [1.82, 2.24) is 0 Å². The number of aryl methyl sites for hydroxylation is 1. The average Bonchev–Trinajstić information content (AvgIpc) is 3.03. The molecule has 0 unspecified atom stereocenters. The molecule has 0 saturated carbocycles. The number of carbonyl (C=O) groups is 2. The second kappa shape index (κ2) is 10.1. The summed E-state index contributed by atoms with van der Waals surface area (Å²) in [6.45, 7) is 3.67. The summed E-state index contributed by atoms with van der Waals surface area (Å²) in [5, 5.41) is 3.82. The molecule has 0 spiro atoms. The van der Waals surface area contributed by atoms with Crippen molar-refractivity contribution in [2.24, 2.45) is 0 Å². The SMILES string of the molecule is CCOC(=O)c1c(NC(=O)COc2cccc(Br)c2)sc(C)c1-c1ccc(Cl)cc1. The molecule has 3 aromatic rings. The lowest BCUT2D eigenvalue weighted by Crippen LogP contribution is -2.21. The van der Waals surface area contributed by atoms with Crippen LogP contribution >= 0.6 is 38.9 Å². The number of carbonyl (C=O) groups excluding carboxylic acids is 2. The van der Waals surface area contributed by atoms with Gasteiger partial charge in [-0.25, -0.2) is 4.79 Å². The Morgan fingerprint density at radius 1 is 1.17 bits per heavy atom. The predicted molar refractivity (Wildman–Crippen MR) is 124 cm³/mol. The number of rotatable bonds is 7. The molecule has 1 N–H and O–H groups in total. The molecule has 1 amide bonds. The Kier molecular flexibility index (Phi) is 7.53. The Morgan fingerprint density at radius 2 is 1.90 bits per heavy atom. The Hall–Kier alpha value is -2.35. The van der Waals surface area contributed by atoms with Gasteiger partial charge in [-0.2, -0.15) is 0 Å². The van der Waals surface area contributed by atoms with Gasteiger partial charge in [-0.3, -0.25) is 4.79 Å². The van der Waals surface area contributed by atoms with Gasteiger partial charge in [0.25, 0.3) is 5.91 Å². The van der Waals surface area contributed by atoms with Crippen molar-refractivity contribution in [2.45, 2.75) is 13.8 Å². The Labute approximate surface area is 192 Å². The fraction of sp³-hybridized carbons (Fsp3) is 0.182. The van der Waals surface area contributed by atoms with Gasteiger partial charge in [0.15, 0.2) is 6.61 Å². The third kappa shape index (κ3) is 5.41. The number of hydrogen-bond acceptors (Lipinski definition) is 5. The van der Waals surface area contributed by atoms with Crippen LogP contribution in [0.2, 0.25) is 5.02 Å². The van der Waals surface area contributed by atoms with E-state index < -0.39 is 5.97 Å². The summed E-state index contributed by atoms with van der Waals surface area (Å²) in [6, 6.07) is 14.4. The maximum absolute atomic E-state index is 12.7. The van der Waals surface area contributed by atoms with Crippen LogP contribution in [0.15, 0.2) is 53.0 Å². The van der Waals surface area contributed by atoms with E-state index in [4.69, 9.17) is 21.1 Å². The summed E-state index contributed by atoms with van der Waals surface area (Å²) in [6.07, 6.45) is 0. The minimum absolute atomic E-state index is 0.189. The van der Waals surface area contributed by atoms with Crippen molar-refractivity contribution >= 4 is 55.7 Å². The van der Waals surface area contributed by atoms with E-state index in [9.17, 15) is 9.59 Å². The minimum atomic E-state index is -0.491. The number of anilines is 1. The molecule has 0 aliphatic heterocycles. The van der Waals surface area contributed by atoms with Gasteiger partial charge < -0.3 is 14.8 Å². The van der Waals surface area contributed by atoms with E-state index in [-0.39, 0.29) is 19.1 Å². The minimum Gasteiger partial charge on any atom is -0.484 e. The smallest absolute Gasteiger partial charge is 0.341 e. The molecule has 0 radical (unpaired) electrons. The maximum Gasteiger partial charge on any atom is 0.341 e. The number of esters is 1. The Bertz CT molecular complexity index is 1070. The highest BCUT2D eigenvalue weighted by atomic mass is 79.9. The molecular weight excluding hydrogens is 490 g/mol. The summed E-state index contributed by atoms with van der Waals surface area (Å²) in [5.41, 5.74) is 1.87. The van der Waals surface area contributed by atoms with Crippen LogP contribution in [-0.2, 0) is 9.53 Å². The number of amides is 1. The number of thiophene rings is 1. The van der Waals surface area contributed by atoms with Gasteiger partial charge in [-0.05, 0) is 49.7 Å². The highest BCUT2D eigenvalue weighted by molar-refractivity contribution is 9.10. The topological polar surface area (TPSA) is 64.6 Å². The van der Waals surface area contributed by atoms with E-state index in [1.165, 1.54) is 11.3 Å². The first-order valence-electron chi connectivity index (χ1n) is 9.13. The van der Waals surface area contributed by atoms with Gasteiger partial charge in [0.2, 0.25) is 0 Å². The molecule has 8 heteroatoms. The molecule has 1 aromatic heterocycles. The number of nitrogens with one attached hydrogen (secondary N) is 1. The van der Waals surface area contributed by atoms with Gasteiger partial charge in [0.05, 0.1) is 6.61 Å². The van der Waals surface area contributed by atoms with Gasteiger partial charge in [-0.15, -0.1) is 11.3 Å². The normalized spacial score (nSPS) is 10.5. The molecule has 0 aliphatic carbocycles. The van der Waals surface area contributed by atoms with Crippen LogP contribution in [0.5, 0.6) is 5.75 Å². The first kappa shape index (κ1) is 22.3. The van der Waals surface area contributed by atoms with Crippen LogP contribution in [0.1, 0.15) is 22.2 Å². The quantitative estimate of drug-likeness (QED) is 0.379. The third-order valence-electron chi connectivity index (χ3n) is 4.12. The average molecular weight is 509 g/mol. The lowest BCUT2D eigenvalue weighted by Gasteiger charge is -2.10. The lowest BCUT2D eigenvalue weighted by molar-refractivity contribution is -0.118. The highest BCUT2D eigenvalue weighted by Gasteiger charge is 2.25. The van der Waals surface area contributed by atoms with Gasteiger partial charge in [0.1, 0.15) is 16.3 Å². The van der Waals surface area contributed by atoms with Crippen molar-refractivity contribution in [1.29, 1.82) is 0 Å². The number of hydrogen-bond donors (Lipinski definition) is 1. The zero-order valence-electron chi connectivity index (χ0n) is 16.3. The maximum atomic E-state index is 12.7. The molecule has 3 rings (SSSR count). The Balaban J connectivity index is 1.86. The largest absolute Gasteiger partial charge is 0.484 e. The molecule has 0 atom stereocenters. The van der Waals surface area contributed by atoms with Crippen LogP contribution in [0.25, 0.3) is 11.1 Å². The zero-order valence-corrected chi connectivity index (χ0v) is 19.5. The van der Waals surface area contributed by atoms with Gasteiger partial charge >= 0.3 is 5.97 Å². The second-order valence-electron chi connectivity index (χ2n) is 6.26. The predicted octanol–water partition coefficient (Wildman–Crippen LogP) is 6.33. The van der Waals surface area contributed by atoms with Crippen LogP contribution in [-0.4, -0.2) is 25.1 Å². The van der Waals surface area contributed by atoms with Crippen molar-refractivity contribution in [3.8, 4) is 16.9 Å². The molecule has 156 valence electrons. The molecule has 0 aliphatic rings. The number of ether oxygens (including phenoxy) is 2. The number of benzene rings is 2. The van der Waals surface area contributed by atoms with Gasteiger partial charge in [0, 0.05) is 19.9 Å². The summed E-state index contributed by atoms with van der Waals surface area (Å²) < 4.78 is 11.6. The lowest BCUT2D eigenvalue weighted by atomic mass is 10.0. The summed E-state index contributed by atoms with van der Waals surface area (Å²) >= 11 is 10.7. The van der Waals surface area contributed by atoms with Crippen LogP contribution in [0.4, 0.5) is 5.00 Å². The van der Waals surface area contributed by atoms with E-state index in [1.807, 2.05) is 31.2 Å². The van der Waals surface area contributed by atoms with E-state index in [2.05, 4.69) is 21.2 Å². The highest BCUT2D eigenvalue weighted by Crippen LogP contribution is 2.40. The zero-order chi connectivity index (χ0) is 21.7. The van der Waals surface area contributed by atoms with E-state index >= 15 is 0 Å². The molecular formula is C22H19BrClNO4S. The Morgan fingerprint density at radius 3 is 2.57 bits per heavy atom. The van der Waals surface area contributed by atoms with E-state index in [0.717, 1.165) is 20.5 Å². The molecule has 0 saturated heterocycles. The summed E-state index contributed by atoms with van der Waals surface area (Å²) in [4.78, 5) is 26.1. The molecule has 1 heterocycles. The van der Waals surface area contributed by atoms with Crippen molar-refractivity contribution in [2.75, 3.05) is 18.5 Å². The van der Waals surface area contributed by atoms with Crippen molar-refractivity contribution in [3.63, 3.8) is 0 Å². The van der Waals surface area contributed by atoms with Crippen LogP contribution in [0.3, 0.4) is 0 Å². The van der Waals surface area contributed by atoms with Crippen LogP contribution in [0, 0.1) is 6.92 Å². The van der Waals surface area contributed by atoms with E-state index in [0.29, 0.717) is 21.3 Å². The number of halogens is 2. The van der Waals surface area contributed by atoms with Crippen LogP contribution < -0.4 is 10.1 Å². The third-order valence-corrected chi connectivity index (χ3v) is 5.88. The second-order valence-corrected chi connectivity index (χ2v) is 8.84. The van der Waals surface area contributed by atoms with Gasteiger partial charge in [-0.1, -0.05) is 45.7 Å². The first-order chi connectivity index (χ1) is 14.4. The summed E-state index contributed by atoms with van der Waals surface area (Å²) in [5.74, 6) is -0.297. The fourth-order valence-corrected chi connectivity index (χ4v) is 4.45. The summed E-state index contributed by atoms with van der Waals surface area (Å²) in [7, 11) is 0. The first-order valence-corrected chi connectivity index (χ1v) is 11.1. The van der Waals surface area contributed by atoms with Crippen molar-refractivity contribution in [3.05, 3.63) is 68.5 Å². The van der Waals surface area contributed by atoms with Crippen molar-refractivity contribution < 1.29 is 19.1 Å². The monoisotopic (exact) mass is 507 g/mol. The molecule has 2 aromatic carbocycles. The fourth-order valence-electron chi connectivity index (χ4n) is 2.86. The molecule has 30 heavy (non-hydrogen) atoms.